The van der Waals surface area contributed by atoms with E-state index in [1.54, 1.807) is 7.11 Å². The molecule has 0 bridgehead atoms. The zero-order valence-electron chi connectivity index (χ0n) is 11.0. The number of thioether (sulfide) groups is 1. The molecule has 2 aromatic rings. The van der Waals surface area contributed by atoms with Crippen LogP contribution in [0.1, 0.15) is 12.7 Å². The van der Waals surface area contributed by atoms with Crippen molar-refractivity contribution in [1.29, 1.82) is 0 Å². The van der Waals surface area contributed by atoms with E-state index in [1.165, 1.54) is 0 Å². The summed E-state index contributed by atoms with van der Waals surface area (Å²) < 4.78 is 11.1. The largest absolute Gasteiger partial charge is 0.493 e. The van der Waals surface area contributed by atoms with E-state index in [2.05, 4.69) is 24.6 Å². The van der Waals surface area contributed by atoms with Gasteiger partial charge in [0.15, 0.2) is 11.3 Å². The van der Waals surface area contributed by atoms with Gasteiger partial charge < -0.3 is 14.5 Å². The number of hydrogen-bond donors (Lipinski definition) is 1. The van der Waals surface area contributed by atoms with E-state index in [9.17, 15) is 0 Å². The number of furan rings is 1. The van der Waals surface area contributed by atoms with Crippen LogP contribution in [0.15, 0.2) is 28.7 Å². The minimum atomic E-state index is 0.615. The SMILES string of the molecule is COc1cccc2cc(CNCC(C)SC)oc12. The zero-order valence-corrected chi connectivity index (χ0v) is 11.8. The average Bonchev–Trinajstić information content (AvgIpc) is 2.80. The van der Waals surface area contributed by atoms with Crippen molar-refractivity contribution in [2.75, 3.05) is 19.9 Å². The van der Waals surface area contributed by atoms with E-state index >= 15 is 0 Å². The molecule has 0 fully saturated rings. The van der Waals surface area contributed by atoms with Crippen LogP contribution < -0.4 is 10.1 Å². The summed E-state index contributed by atoms with van der Waals surface area (Å²) in [6.07, 6.45) is 2.12. The van der Waals surface area contributed by atoms with Crippen LogP contribution in [0.3, 0.4) is 0 Å². The maximum absolute atomic E-state index is 5.81. The van der Waals surface area contributed by atoms with Gasteiger partial charge in [-0.3, -0.25) is 0 Å². The lowest BCUT2D eigenvalue weighted by atomic mass is 10.2. The Morgan fingerprint density at radius 1 is 1.44 bits per heavy atom. The fraction of sp³-hybridized carbons (Fsp3) is 0.429. The Morgan fingerprint density at radius 3 is 3.00 bits per heavy atom. The number of nitrogens with one attached hydrogen (secondary N) is 1. The lowest BCUT2D eigenvalue weighted by molar-refractivity contribution is 0.406. The molecule has 1 atom stereocenters. The highest BCUT2D eigenvalue weighted by atomic mass is 32.2. The molecular formula is C14H19NO2S. The summed E-state index contributed by atoms with van der Waals surface area (Å²) in [6.45, 7) is 3.94. The van der Waals surface area contributed by atoms with Gasteiger partial charge in [0.25, 0.3) is 0 Å². The van der Waals surface area contributed by atoms with Crippen molar-refractivity contribution in [3.8, 4) is 5.75 Å². The first kappa shape index (κ1) is 13.3. The van der Waals surface area contributed by atoms with E-state index in [0.717, 1.165) is 35.6 Å². The summed E-state index contributed by atoms with van der Waals surface area (Å²) in [6, 6.07) is 7.99. The summed E-state index contributed by atoms with van der Waals surface area (Å²) >= 11 is 1.86. The van der Waals surface area contributed by atoms with Crippen LogP contribution in [-0.4, -0.2) is 25.2 Å². The van der Waals surface area contributed by atoms with E-state index in [4.69, 9.17) is 9.15 Å². The van der Waals surface area contributed by atoms with Crippen LogP contribution in [0.2, 0.25) is 0 Å². The standard InChI is InChI=1S/C14H19NO2S/c1-10(18-3)8-15-9-12-7-11-5-4-6-13(16-2)14(11)17-12/h4-7,10,15H,8-9H2,1-3H3. The molecule has 0 aliphatic carbocycles. The predicted octanol–water partition coefficient (Wildman–Crippen LogP) is 3.28. The van der Waals surface area contributed by atoms with E-state index < -0.39 is 0 Å². The van der Waals surface area contributed by atoms with Gasteiger partial charge >= 0.3 is 0 Å². The van der Waals surface area contributed by atoms with Gasteiger partial charge in [0, 0.05) is 17.2 Å². The third-order valence-corrected chi connectivity index (χ3v) is 3.88. The molecule has 0 aliphatic heterocycles. The molecule has 0 aliphatic rings. The van der Waals surface area contributed by atoms with E-state index in [-0.39, 0.29) is 0 Å². The van der Waals surface area contributed by atoms with Crippen molar-refractivity contribution in [2.24, 2.45) is 0 Å². The monoisotopic (exact) mass is 265 g/mol. The highest BCUT2D eigenvalue weighted by molar-refractivity contribution is 7.99. The van der Waals surface area contributed by atoms with Crippen LogP contribution in [0.25, 0.3) is 11.0 Å². The second-order valence-electron chi connectivity index (χ2n) is 4.27. The van der Waals surface area contributed by atoms with Gasteiger partial charge in [0.05, 0.1) is 13.7 Å². The van der Waals surface area contributed by atoms with E-state index in [0.29, 0.717) is 5.25 Å². The van der Waals surface area contributed by atoms with Crippen LogP contribution in [0.5, 0.6) is 5.75 Å². The number of para-hydroxylation sites is 1. The maximum Gasteiger partial charge on any atom is 0.176 e. The number of ether oxygens (including phenoxy) is 1. The molecule has 98 valence electrons. The van der Waals surface area contributed by atoms with Crippen molar-refractivity contribution in [3.05, 3.63) is 30.0 Å². The van der Waals surface area contributed by atoms with Gasteiger partial charge in [-0.1, -0.05) is 19.1 Å². The highest BCUT2D eigenvalue weighted by Crippen LogP contribution is 2.28. The normalized spacial score (nSPS) is 12.8. The topological polar surface area (TPSA) is 34.4 Å². The van der Waals surface area contributed by atoms with E-state index in [1.807, 2.05) is 30.0 Å². The molecule has 0 amide bonds. The lowest BCUT2D eigenvalue weighted by Crippen LogP contribution is -2.21. The molecule has 1 unspecified atom stereocenters. The summed E-state index contributed by atoms with van der Waals surface area (Å²) in [7, 11) is 1.66. The average molecular weight is 265 g/mol. The highest BCUT2D eigenvalue weighted by Gasteiger charge is 2.08. The number of benzene rings is 1. The molecule has 0 saturated carbocycles. The van der Waals surface area contributed by atoms with Crippen molar-refractivity contribution < 1.29 is 9.15 Å². The third-order valence-electron chi connectivity index (χ3n) is 2.91. The molecular weight excluding hydrogens is 246 g/mol. The zero-order chi connectivity index (χ0) is 13.0. The first-order valence-electron chi connectivity index (χ1n) is 6.03. The number of methoxy groups -OCH3 is 1. The van der Waals surface area contributed by atoms with Gasteiger partial charge in [-0.2, -0.15) is 11.8 Å². The first-order valence-corrected chi connectivity index (χ1v) is 7.32. The van der Waals surface area contributed by atoms with Crippen LogP contribution in [-0.2, 0) is 6.54 Å². The minimum absolute atomic E-state index is 0.615. The molecule has 0 spiro atoms. The summed E-state index contributed by atoms with van der Waals surface area (Å²) in [5, 5.41) is 5.10. The molecule has 1 N–H and O–H groups in total. The molecule has 3 nitrogen and oxygen atoms in total. The fourth-order valence-corrected chi connectivity index (χ4v) is 2.10. The molecule has 1 aromatic carbocycles. The summed E-state index contributed by atoms with van der Waals surface area (Å²) in [5.41, 5.74) is 0.828. The maximum atomic E-state index is 5.81. The number of rotatable bonds is 6. The summed E-state index contributed by atoms with van der Waals surface area (Å²) in [4.78, 5) is 0. The summed E-state index contributed by atoms with van der Waals surface area (Å²) in [5.74, 6) is 1.74. The predicted molar refractivity (Wildman–Crippen MR) is 77.4 cm³/mol. The third kappa shape index (κ3) is 3.00. The molecule has 18 heavy (non-hydrogen) atoms. The van der Waals surface area contributed by atoms with Crippen molar-refractivity contribution >= 4 is 22.7 Å². The lowest BCUT2D eigenvalue weighted by Gasteiger charge is -2.07. The quantitative estimate of drug-likeness (QED) is 0.869. The minimum Gasteiger partial charge on any atom is -0.493 e. The van der Waals surface area contributed by atoms with Crippen LogP contribution >= 0.6 is 11.8 Å². The number of fused-ring (bicyclic) bond motifs is 1. The van der Waals surface area contributed by atoms with Crippen molar-refractivity contribution in [2.45, 2.75) is 18.7 Å². The second kappa shape index (κ2) is 6.16. The van der Waals surface area contributed by atoms with Gasteiger partial charge in [-0.25, -0.2) is 0 Å². The molecule has 1 aromatic heterocycles. The van der Waals surface area contributed by atoms with Crippen LogP contribution in [0.4, 0.5) is 0 Å². The first-order chi connectivity index (χ1) is 8.74. The Bertz CT molecular complexity index is 509. The Labute approximate surface area is 112 Å². The Balaban J connectivity index is 2.06. The molecule has 1 heterocycles. The molecule has 2 rings (SSSR count). The van der Waals surface area contributed by atoms with Crippen molar-refractivity contribution in [1.82, 2.24) is 5.32 Å². The number of hydrogen-bond acceptors (Lipinski definition) is 4. The Morgan fingerprint density at radius 2 is 2.28 bits per heavy atom. The van der Waals surface area contributed by atoms with Gasteiger partial charge in [0.2, 0.25) is 0 Å². The van der Waals surface area contributed by atoms with Gasteiger partial charge in [0.1, 0.15) is 5.76 Å². The smallest absolute Gasteiger partial charge is 0.176 e. The van der Waals surface area contributed by atoms with Gasteiger partial charge in [-0.05, 0) is 18.4 Å². The molecule has 0 radical (unpaired) electrons. The van der Waals surface area contributed by atoms with Crippen molar-refractivity contribution in [3.63, 3.8) is 0 Å². The molecule has 4 heteroatoms. The van der Waals surface area contributed by atoms with Gasteiger partial charge in [-0.15, -0.1) is 0 Å². The Kier molecular flexibility index (Phi) is 4.55. The fourth-order valence-electron chi connectivity index (χ4n) is 1.82. The van der Waals surface area contributed by atoms with Crippen LogP contribution in [0, 0.1) is 0 Å². The Hall–Kier alpha value is -1.13. The molecule has 0 saturated heterocycles. The second-order valence-corrected chi connectivity index (χ2v) is 5.54.